The van der Waals surface area contributed by atoms with E-state index in [-0.39, 0.29) is 17.5 Å². The van der Waals surface area contributed by atoms with Crippen LogP contribution in [0, 0.1) is 16.0 Å². The molecule has 1 aromatic rings. The van der Waals surface area contributed by atoms with Gasteiger partial charge in [0.25, 0.3) is 5.69 Å². The number of hydrogen-bond acceptors (Lipinski definition) is 3. The minimum atomic E-state index is -0.410. The predicted molar refractivity (Wildman–Crippen MR) is 65.6 cm³/mol. The number of benzene rings is 1. The Kier molecular flexibility index (Phi) is 3.42. The molecule has 0 aromatic heterocycles. The van der Waals surface area contributed by atoms with Crippen LogP contribution in [0.3, 0.4) is 0 Å². The molecule has 1 fully saturated rings. The highest BCUT2D eigenvalue weighted by Crippen LogP contribution is 2.27. The maximum absolute atomic E-state index is 11.4. The van der Waals surface area contributed by atoms with Crippen molar-refractivity contribution in [1.82, 2.24) is 5.32 Å². The zero-order valence-corrected chi connectivity index (χ0v) is 10.6. The highest BCUT2D eigenvalue weighted by atomic mass is 79.9. The fourth-order valence-corrected chi connectivity index (χ4v) is 2.33. The van der Waals surface area contributed by atoms with Gasteiger partial charge in [-0.25, -0.2) is 0 Å². The van der Waals surface area contributed by atoms with Crippen molar-refractivity contribution in [3.63, 3.8) is 0 Å². The molecule has 90 valence electrons. The lowest BCUT2D eigenvalue weighted by atomic mass is 9.97. The number of hydrogen-bond donors (Lipinski definition) is 1. The van der Waals surface area contributed by atoms with E-state index in [1.165, 1.54) is 6.07 Å². The van der Waals surface area contributed by atoms with Gasteiger partial charge in [-0.2, -0.15) is 0 Å². The second kappa shape index (κ2) is 4.83. The summed E-state index contributed by atoms with van der Waals surface area (Å²) in [5.41, 5.74) is 0.680. The van der Waals surface area contributed by atoms with Crippen molar-refractivity contribution in [3.05, 3.63) is 38.3 Å². The Morgan fingerprint density at radius 2 is 2.29 bits per heavy atom. The molecule has 0 spiro atoms. The van der Waals surface area contributed by atoms with Crippen LogP contribution in [0.15, 0.2) is 22.7 Å². The molecule has 1 amide bonds. The van der Waals surface area contributed by atoms with Gasteiger partial charge < -0.3 is 5.32 Å². The van der Waals surface area contributed by atoms with Crippen LogP contribution >= 0.6 is 15.9 Å². The minimum Gasteiger partial charge on any atom is -0.356 e. The van der Waals surface area contributed by atoms with Crippen LogP contribution in [-0.2, 0) is 11.2 Å². The van der Waals surface area contributed by atoms with Gasteiger partial charge in [0, 0.05) is 28.6 Å². The normalized spacial score (nSPS) is 19.1. The van der Waals surface area contributed by atoms with Crippen molar-refractivity contribution in [3.8, 4) is 0 Å². The van der Waals surface area contributed by atoms with Crippen LogP contribution in [-0.4, -0.2) is 17.4 Å². The number of nitro benzene ring substituents is 1. The first-order chi connectivity index (χ1) is 8.08. The Bertz CT molecular complexity index is 476. The summed E-state index contributed by atoms with van der Waals surface area (Å²) >= 11 is 3.21. The number of nitrogens with zero attached hydrogens (tertiary/aromatic N) is 1. The molecule has 6 heteroatoms. The second-order valence-corrected chi connectivity index (χ2v) is 4.93. The van der Waals surface area contributed by atoms with Gasteiger partial charge in [0.2, 0.25) is 5.91 Å². The van der Waals surface area contributed by atoms with E-state index in [0.29, 0.717) is 23.0 Å². The van der Waals surface area contributed by atoms with Gasteiger partial charge in [0.1, 0.15) is 0 Å². The number of amides is 1. The first kappa shape index (κ1) is 12.0. The molecular formula is C11H11BrN2O3. The molecule has 1 saturated heterocycles. The fraction of sp³-hybridized carbons (Fsp3) is 0.364. The van der Waals surface area contributed by atoms with Gasteiger partial charge in [-0.15, -0.1) is 0 Å². The summed E-state index contributed by atoms with van der Waals surface area (Å²) in [5.74, 6) is -0.155. The standard InChI is InChI=1S/C11H11BrN2O3/c12-9-2-1-7(10(6-9)14(16)17)5-8-3-4-13-11(8)15/h1-2,6,8H,3-5H2,(H,13,15). The van der Waals surface area contributed by atoms with E-state index in [1.54, 1.807) is 12.1 Å². The smallest absolute Gasteiger partial charge is 0.273 e. The van der Waals surface area contributed by atoms with E-state index in [9.17, 15) is 14.9 Å². The molecule has 1 heterocycles. The van der Waals surface area contributed by atoms with Gasteiger partial charge >= 0.3 is 0 Å². The zero-order valence-electron chi connectivity index (χ0n) is 8.98. The summed E-state index contributed by atoms with van der Waals surface area (Å²) in [7, 11) is 0. The summed E-state index contributed by atoms with van der Waals surface area (Å²) in [6.07, 6.45) is 1.17. The molecule has 1 atom stereocenters. The number of rotatable bonds is 3. The van der Waals surface area contributed by atoms with Crippen molar-refractivity contribution >= 4 is 27.5 Å². The summed E-state index contributed by atoms with van der Waals surface area (Å²) in [4.78, 5) is 21.9. The monoisotopic (exact) mass is 298 g/mol. The Morgan fingerprint density at radius 1 is 1.53 bits per heavy atom. The van der Waals surface area contributed by atoms with E-state index < -0.39 is 4.92 Å². The van der Waals surface area contributed by atoms with Crippen molar-refractivity contribution in [2.75, 3.05) is 6.54 Å². The molecule has 5 nitrogen and oxygen atoms in total. The average Bonchev–Trinajstić information content (AvgIpc) is 2.67. The van der Waals surface area contributed by atoms with Crippen molar-refractivity contribution in [1.29, 1.82) is 0 Å². The average molecular weight is 299 g/mol. The van der Waals surface area contributed by atoms with Crippen LogP contribution in [0.2, 0.25) is 0 Å². The molecule has 0 aliphatic carbocycles. The van der Waals surface area contributed by atoms with E-state index >= 15 is 0 Å². The molecule has 0 saturated carbocycles. The molecular weight excluding hydrogens is 288 g/mol. The number of nitro groups is 1. The lowest BCUT2D eigenvalue weighted by Crippen LogP contribution is -2.20. The number of halogens is 1. The Hall–Kier alpha value is -1.43. The van der Waals surface area contributed by atoms with Crippen LogP contribution in [0.25, 0.3) is 0 Å². The zero-order chi connectivity index (χ0) is 12.4. The van der Waals surface area contributed by atoms with Crippen LogP contribution in [0.5, 0.6) is 0 Å². The van der Waals surface area contributed by atoms with Crippen molar-refractivity contribution in [2.45, 2.75) is 12.8 Å². The molecule has 17 heavy (non-hydrogen) atoms. The maximum atomic E-state index is 11.4. The van der Waals surface area contributed by atoms with Crippen LogP contribution in [0.1, 0.15) is 12.0 Å². The van der Waals surface area contributed by atoms with Gasteiger partial charge in [-0.1, -0.05) is 22.0 Å². The first-order valence-corrected chi connectivity index (χ1v) is 6.08. The molecule has 1 aliphatic rings. The lowest BCUT2D eigenvalue weighted by molar-refractivity contribution is -0.385. The van der Waals surface area contributed by atoms with Crippen molar-refractivity contribution < 1.29 is 9.72 Å². The first-order valence-electron chi connectivity index (χ1n) is 5.28. The summed E-state index contributed by atoms with van der Waals surface area (Å²) in [5, 5.41) is 13.6. The SMILES string of the molecule is O=C1NCCC1Cc1ccc(Br)cc1[N+](=O)[O-]. The van der Waals surface area contributed by atoms with Gasteiger partial charge in [-0.3, -0.25) is 14.9 Å². The third-order valence-electron chi connectivity index (χ3n) is 2.87. The molecule has 2 rings (SSSR count). The van der Waals surface area contributed by atoms with Crippen molar-refractivity contribution in [2.24, 2.45) is 5.92 Å². The summed E-state index contributed by atoms with van der Waals surface area (Å²) < 4.78 is 0.670. The van der Waals surface area contributed by atoms with Crippen LogP contribution < -0.4 is 5.32 Å². The number of carbonyl (C=O) groups excluding carboxylic acids is 1. The lowest BCUT2D eigenvalue weighted by Gasteiger charge is -2.07. The fourth-order valence-electron chi connectivity index (χ4n) is 1.98. The third-order valence-corrected chi connectivity index (χ3v) is 3.37. The Balaban J connectivity index is 2.25. The summed E-state index contributed by atoms with van der Waals surface area (Å²) in [6.45, 7) is 0.661. The second-order valence-electron chi connectivity index (χ2n) is 4.01. The van der Waals surface area contributed by atoms with Gasteiger partial charge in [-0.05, 0) is 18.9 Å². The number of carbonyl (C=O) groups is 1. The Labute approximate surface area is 106 Å². The largest absolute Gasteiger partial charge is 0.356 e. The third kappa shape index (κ3) is 2.63. The topological polar surface area (TPSA) is 72.2 Å². The molecule has 0 radical (unpaired) electrons. The quantitative estimate of drug-likeness (QED) is 0.685. The molecule has 1 aromatic carbocycles. The molecule has 1 aliphatic heterocycles. The summed E-state index contributed by atoms with van der Waals surface area (Å²) in [6, 6.07) is 4.94. The van der Waals surface area contributed by atoms with E-state index in [4.69, 9.17) is 0 Å². The highest BCUT2D eigenvalue weighted by molar-refractivity contribution is 9.10. The molecule has 1 N–H and O–H groups in total. The molecule has 0 bridgehead atoms. The number of nitrogens with one attached hydrogen (secondary N) is 1. The minimum absolute atomic E-state index is 0.0118. The van der Waals surface area contributed by atoms with Crippen LogP contribution in [0.4, 0.5) is 5.69 Å². The van der Waals surface area contributed by atoms with E-state index in [1.807, 2.05) is 0 Å². The maximum Gasteiger partial charge on any atom is 0.273 e. The highest BCUT2D eigenvalue weighted by Gasteiger charge is 2.27. The van der Waals surface area contributed by atoms with Gasteiger partial charge in [0.15, 0.2) is 0 Å². The predicted octanol–water partition coefficient (Wildman–Crippen LogP) is 2.04. The van der Waals surface area contributed by atoms with E-state index in [2.05, 4.69) is 21.2 Å². The Morgan fingerprint density at radius 3 is 2.88 bits per heavy atom. The molecule has 1 unspecified atom stereocenters. The van der Waals surface area contributed by atoms with E-state index in [0.717, 1.165) is 6.42 Å². The van der Waals surface area contributed by atoms with Gasteiger partial charge in [0.05, 0.1) is 4.92 Å².